The lowest BCUT2D eigenvalue weighted by Gasteiger charge is -2.03. The van der Waals surface area contributed by atoms with Crippen LogP contribution in [0.15, 0.2) is 24.3 Å². The Morgan fingerprint density at radius 1 is 1.43 bits per heavy atom. The van der Waals surface area contributed by atoms with Gasteiger partial charge < -0.3 is 9.84 Å². The van der Waals surface area contributed by atoms with E-state index >= 15 is 0 Å². The molecule has 0 fully saturated rings. The summed E-state index contributed by atoms with van der Waals surface area (Å²) in [4.78, 5) is 0. The number of benzene rings is 1. The summed E-state index contributed by atoms with van der Waals surface area (Å²) in [5.74, 6) is 0.877. The predicted molar refractivity (Wildman–Crippen MR) is 58.5 cm³/mol. The lowest BCUT2D eigenvalue weighted by Crippen LogP contribution is -1.86. The minimum absolute atomic E-state index is 0.200. The van der Waals surface area contributed by atoms with Crippen molar-refractivity contribution >= 4 is 6.08 Å². The number of aliphatic hydroxyl groups is 1. The topological polar surface area (TPSA) is 29.5 Å². The highest BCUT2D eigenvalue weighted by atomic mass is 16.5. The highest BCUT2D eigenvalue weighted by Crippen LogP contribution is 2.17. The molecule has 1 aromatic rings. The summed E-state index contributed by atoms with van der Waals surface area (Å²) in [6.45, 7) is 2.24. The van der Waals surface area contributed by atoms with Crippen LogP contribution < -0.4 is 4.74 Å². The van der Waals surface area contributed by atoms with Crippen LogP contribution in [0.2, 0.25) is 0 Å². The van der Waals surface area contributed by atoms with Gasteiger partial charge in [-0.2, -0.15) is 0 Å². The molecule has 0 aliphatic rings. The summed E-state index contributed by atoms with van der Waals surface area (Å²) >= 11 is 0. The number of hydrogen-bond donors (Lipinski definition) is 1. The van der Waals surface area contributed by atoms with E-state index in [0.29, 0.717) is 6.42 Å². The number of hydrogen-bond acceptors (Lipinski definition) is 2. The molecule has 0 atom stereocenters. The molecule has 0 heterocycles. The second-order valence-corrected chi connectivity index (χ2v) is 3.14. The molecular formula is C12H16O2. The normalized spacial score (nSPS) is 10.8. The first-order chi connectivity index (χ1) is 6.77. The Balaban J connectivity index is 2.78. The van der Waals surface area contributed by atoms with Crippen LogP contribution in [0.3, 0.4) is 0 Å². The Hall–Kier alpha value is -1.28. The molecule has 2 heteroatoms. The molecule has 0 aromatic heterocycles. The Labute approximate surface area is 84.8 Å². The molecule has 0 bridgehead atoms. The predicted octanol–water partition coefficient (Wildman–Crippen LogP) is 2.40. The zero-order chi connectivity index (χ0) is 10.4. The van der Waals surface area contributed by atoms with Gasteiger partial charge in [-0.1, -0.05) is 18.2 Å². The van der Waals surface area contributed by atoms with Crippen molar-refractivity contribution in [2.45, 2.75) is 13.3 Å². The maximum atomic E-state index is 8.62. The van der Waals surface area contributed by atoms with Crippen molar-refractivity contribution in [1.29, 1.82) is 0 Å². The first-order valence-electron chi connectivity index (χ1n) is 4.70. The first kappa shape index (κ1) is 10.8. The summed E-state index contributed by atoms with van der Waals surface area (Å²) < 4.78 is 5.11. The number of ether oxygens (including phenoxy) is 1. The van der Waals surface area contributed by atoms with Gasteiger partial charge in [0.15, 0.2) is 0 Å². The van der Waals surface area contributed by atoms with Crippen LogP contribution in [-0.2, 0) is 0 Å². The maximum Gasteiger partial charge on any atom is 0.119 e. The minimum atomic E-state index is 0.200. The van der Waals surface area contributed by atoms with Crippen LogP contribution in [0, 0.1) is 6.92 Å². The van der Waals surface area contributed by atoms with Crippen molar-refractivity contribution in [2.75, 3.05) is 13.7 Å². The molecule has 1 rings (SSSR count). The average molecular weight is 192 g/mol. The van der Waals surface area contributed by atoms with E-state index in [1.54, 1.807) is 7.11 Å². The zero-order valence-electron chi connectivity index (χ0n) is 8.66. The van der Waals surface area contributed by atoms with Gasteiger partial charge in [-0.25, -0.2) is 0 Å². The number of aryl methyl sites for hydroxylation is 1. The average Bonchev–Trinajstić information content (AvgIpc) is 2.20. The van der Waals surface area contributed by atoms with Crippen LogP contribution in [0.5, 0.6) is 5.75 Å². The van der Waals surface area contributed by atoms with Crippen molar-refractivity contribution in [3.8, 4) is 5.75 Å². The van der Waals surface area contributed by atoms with Gasteiger partial charge in [0.2, 0.25) is 0 Å². The fourth-order valence-electron chi connectivity index (χ4n) is 1.25. The summed E-state index contributed by atoms with van der Waals surface area (Å²) in [5, 5.41) is 8.62. The molecule has 76 valence electrons. The van der Waals surface area contributed by atoms with Crippen LogP contribution in [0.1, 0.15) is 17.5 Å². The standard InChI is InChI=1S/C12H16O2/c1-10-9-12(14-2)7-6-11(10)5-3-4-8-13/h3,5-7,9,13H,4,8H2,1-2H3. The van der Waals surface area contributed by atoms with E-state index in [-0.39, 0.29) is 6.61 Å². The van der Waals surface area contributed by atoms with Crippen molar-refractivity contribution in [1.82, 2.24) is 0 Å². The Bertz CT molecular complexity index is 316. The van der Waals surface area contributed by atoms with Crippen LogP contribution in [0.25, 0.3) is 6.08 Å². The lowest BCUT2D eigenvalue weighted by atomic mass is 10.1. The number of methoxy groups -OCH3 is 1. The number of aliphatic hydroxyl groups excluding tert-OH is 1. The van der Waals surface area contributed by atoms with Gasteiger partial charge in [0.1, 0.15) is 5.75 Å². The minimum Gasteiger partial charge on any atom is -0.497 e. The second-order valence-electron chi connectivity index (χ2n) is 3.14. The van der Waals surface area contributed by atoms with Gasteiger partial charge in [0, 0.05) is 6.61 Å². The first-order valence-corrected chi connectivity index (χ1v) is 4.70. The summed E-state index contributed by atoms with van der Waals surface area (Å²) in [6.07, 6.45) is 4.69. The fourth-order valence-corrected chi connectivity index (χ4v) is 1.25. The van der Waals surface area contributed by atoms with Crippen molar-refractivity contribution in [2.24, 2.45) is 0 Å². The third-order valence-electron chi connectivity index (χ3n) is 2.07. The van der Waals surface area contributed by atoms with Crippen LogP contribution >= 0.6 is 0 Å². The van der Waals surface area contributed by atoms with Gasteiger partial charge in [0.05, 0.1) is 7.11 Å². The van der Waals surface area contributed by atoms with Crippen molar-refractivity contribution in [3.63, 3.8) is 0 Å². The van der Waals surface area contributed by atoms with Gasteiger partial charge in [-0.3, -0.25) is 0 Å². The third-order valence-corrected chi connectivity index (χ3v) is 2.07. The molecule has 14 heavy (non-hydrogen) atoms. The lowest BCUT2D eigenvalue weighted by molar-refractivity contribution is 0.303. The molecule has 0 amide bonds. The van der Waals surface area contributed by atoms with Gasteiger partial charge in [0.25, 0.3) is 0 Å². The molecule has 2 nitrogen and oxygen atoms in total. The van der Waals surface area contributed by atoms with Gasteiger partial charge in [-0.05, 0) is 36.6 Å². The van der Waals surface area contributed by atoms with E-state index in [2.05, 4.69) is 0 Å². The molecule has 0 aliphatic carbocycles. The zero-order valence-corrected chi connectivity index (χ0v) is 8.66. The van der Waals surface area contributed by atoms with Crippen molar-refractivity contribution < 1.29 is 9.84 Å². The SMILES string of the molecule is COc1ccc(C=CCCO)c(C)c1. The maximum absolute atomic E-state index is 8.62. The third kappa shape index (κ3) is 2.89. The molecule has 0 unspecified atom stereocenters. The van der Waals surface area contributed by atoms with Crippen LogP contribution in [-0.4, -0.2) is 18.8 Å². The summed E-state index contributed by atoms with van der Waals surface area (Å²) in [5.41, 5.74) is 2.35. The molecule has 1 N–H and O–H groups in total. The summed E-state index contributed by atoms with van der Waals surface area (Å²) in [7, 11) is 1.66. The fraction of sp³-hybridized carbons (Fsp3) is 0.333. The molecule has 0 saturated carbocycles. The highest BCUT2D eigenvalue weighted by Gasteiger charge is 1.96. The van der Waals surface area contributed by atoms with Gasteiger partial charge in [-0.15, -0.1) is 0 Å². The Kier molecular flexibility index (Phi) is 4.20. The molecule has 0 spiro atoms. The van der Waals surface area contributed by atoms with Crippen molar-refractivity contribution in [3.05, 3.63) is 35.4 Å². The number of rotatable bonds is 4. The highest BCUT2D eigenvalue weighted by molar-refractivity contribution is 5.55. The van der Waals surface area contributed by atoms with E-state index in [0.717, 1.165) is 5.75 Å². The second kappa shape index (κ2) is 5.45. The molecule has 1 aromatic carbocycles. The van der Waals surface area contributed by atoms with E-state index in [9.17, 15) is 0 Å². The molecule has 0 saturated heterocycles. The van der Waals surface area contributed by atoms with E-state index in [4.69, 9.17) is 9.84 Å². The molecule has 0 aliphatic heterocycles. The largest absolute Gasteiger partial charge is 0.497 e. The Morgan fingerprint density at radius 3 is 2.79 bits per heavy atom. The van der Waals surface area contributed by atoms with E-state index < -0.39 is 0 Å². The summed E-state index contributed by atoms with van der Waals surface area (Å²) in [6, 6.07) is 5.95. The molecular weight excluding hydrogens is 176 g/mol. The Morgan fingerprint density at radius 2 is 2.21 bits per heavy atom. The van der Waals surface area contributed by atoms with E-state index in [1.165, 1.54) is 11.1 Å². The quantitative estimate of drug-likeness (QED) is 0.793. The van der Waals surface area contributed by atoms with Crippen LogP contribution in [0.4, 0.5) is 0 Å². The van der Waals surface area contributed by atoms with E-state index in [1.807, 2.05) is 37.3 Å². The molecule has 0 radical (unpaired) electrons. The monoisotopic (exact) mass is 192 g/mol. The van der Waals surface area contributed by atoms with Gasteiger partial charge >= 0.3 is 0 Å². The smallest absolute Gasteiger partial charge is 0.119 e.